The topological polar surface area (TPSA) is 0 Å². The Bertz CT molecular complexity index is 277. The van der Waals surface area contributed by atoms with Crippen molar-refractivity contribution in [3.63, 3.8) is 0 Å². The third-order valence-electron chi connectivity index (χ3n) is 4.12. The molecule has 0 aliphatic heterocycles. The summed E-state index contributed by atoms with van der Waals surface area (Å²) in [5.74, 6) is 0.704. The van der Waals surface area contributed by atoms with Gasteiger partial charge in [-0.15, -0.1) is 8.58 Å². The van der Waals surface area contributed by atoms with Gasteiger partial charge in [-0.2, -0.15) is 0 Å². The molecule has 1 heteroatoms. The summed E-state index contributed by atoms with van der Waals surface area (Å²) in [5, 5.41) is 0. The van der Waals surface area contributed by atoms with Crippen LogP contribution in [-0.2, 0) is 0 Å². The first-order valence-electron chi connectivity index (χ1n) is 7.18. The molecule has 0 heterocycles. The van der Waals surface area contributed by atoms with Gasteiger partial charge in [-0.3, -0.25) is 0 Å². The number of hydrogen-bond acceptors (Lipinski definition) is 0. The summed E-state index contributed by atoms with van der Waals surface area (Å²) in [6, 6.07) is 0. The van der Waals surface area contributed by atoms with Gasteiger partial charge in [0.15, 0.2) is 0 Å². The number of rotatable bonds is 3. The quantitative estimate of drug-likeness (QED) is 0.607. The van der Waals surface area contributed by atoms with Crippen LogP contribution in [0.15, 0.2) is 24.3 Å². The van der Waals surface area contributed by atoms with Crippen molar-refractivity contribution in [2.45, 2.75) is 64.2 Å². The fourth-order valence-corrected chi connectivity index (χ4v) is 5.33. The molecule has 0 aromatic carbocycles. The Morgan fingerprint density at radius 1 is 1.00 bits per heavy atom. The SMILES string of the molecule is CC(C)(C)C(PC1CCCCC1)C1C=CC=C1. The van der Waals surface area contributed by atoms with Crippen molar-refractivity contribution in [2.75, 3.05) is 0 Å². The minimum Gasteiger partial charge on any atom is -0.114 e. The highest BCUT2D eigenvalue weighted by atomic mass is 31.1. The van der Waals surface area contributed by atoms with Gasteiger partial charge in [-0.05, 0) is 29.6 Å². The molecule has 0 aromatic rings. The zero-order valence-electron chi connectivity index (χ0n) is 11.6. The molecule has 0 bridgehead atoms. The fraction of sp³-hybridized carbons (Fsp3) is 0.750. The smallest absolute Gasteiger partial charge is 0.00231 e. The molecule has 2 atom stereocenters. The second kappa shape index (κ2) is 5.70. The van der Waals surface area contributed by atoms with Crippen LogP contribution in [0, 0.1) is 11.3 Å². The van der Waals surface area contributed by atoms with E-state index < -0.39 is 0 Å². The van der Waals surface area contributed by atoms with Gasteiger partial charge in [0.1, 0.15) is 0 Å². The Hall–Kier alpha value is -0.0900. The van der Waals surface area contributed by atoms with Crippen molar-refractivity contribution in [2.24, 2.45) is 11.3 Å². The van der Waals surface area contributed by atoms with Crippen molar-refractivity contribution in [1.29, 1.82) is 0 Å². The van der Waals surface area contributed by atoms with Gasteiger partial charge in [0.25, 0.3) is 0 Å². The minimum atomic E-state index is 0.444. The van der Waals surface area contributed by atoms with Crippen molar-refractivity contribution in [3.05, 3.63) is 24.3 Å². The van der Waals surface area contributed by atoms with E-state index in [2.05, 4.69) is 45.1 Å². The molecule has 0 aromatic heterocycles. The standard InChI is InChI=1S/C16H27P/c1-16(2,3)15(13-9-7-8-10-13)17-14-11-5-4-6-12-14/h7-10,13-15,17H,4-6,11-12H2,1-3H3. The molecule has 17 heavy (non-hydrogen) atoms. The van der Waals surface area contributed by atoms with Crippen LogP contribution in [0.4, 0.5) is 0 Å². The van der Waals surface area contributed by atoms with Crippen LogP contribution in [0.25, 0.3) is 0 Å². The van der Waals surface area contributed by atoms with E-state index in [1.165, 1.54) is 32.1 Å². The van der Waals surface area contributed by atoms with E-state index in [9.17, 15) is 0 Å². The normalized spacial score (nSPS) is 25.1. The van der Waals surface area contributed by atoms with Gasteiger partial charge in [0.2, 0.25) is 0 Å². The summed E-state index contributed by atoms with van der Waals surface area (Å²) < 4.78 is 0. The van der Waals surface area contributed by atoms with E-state index in [1.54, 1.807) is 0 Å². The maximum absolute atomic E-state index is 2.42. The van der Waals surface area contributed by atoms with Crippen molar-refractivity contribution >= 4 is 8.58 Å². The minimum absolute atomic E-state index is 0.444. The zero-order valence-corrected chi connectivity index (χ0v) is 12.6. The van der Waals surface area contributed by atoms with Crippen LogP contribution < -0.4 is 0 Å². The lowest BCUT2D eigenvalue weighted by Crippen LogP contribution is -2.30. The first kappa shape index (κ1) is 13.3. The maximum Gasteiger partial charge on any atom is 0.00231 e. The second-order valence-corrected chi connectivity index (χ2v) is 8.46. The third-order valence-corrected chi connectivity index (χ3v) is 6.77. The molecule has 0 saturated heterocycles. The van der Waals surface area contributed by atoms with Crippen LogP contribution in [0.1, 0.15) is 52.9 Å². The van der Waals surface area contributed by atoms with Crippen LogP contribution >= 0.6 is 8.58 Å². The molecular formula is C16H27P. The van der Waals surface area contributed by atoms with E-state index >= 15 is 0 Å². The van der Waals surface area contributed by atoms with Gasteiger partial charge < -0.3 is 0 Å². The summed E-state index contributed by atoms with van der Waals surface area (Å²) in [6.45, 7) is 7.27. The van der Waals surface area contributed by atoms with Gasteiger partial charge in [0.05, 0.1) is 0 Å². The Labute approximate surface area is 109 Å². The fourth-order valence-electron chi connectivity index (χ4n) is 3.13. The Morgan fingerprint density at radius 3 is 2.12 bits per heavy atom. The Balaban J connectivity index is 2.00. The molecule has 0 amide bonds. The predicted molar refractivity (Wildman–Crippen MR) is 80.2 cm³/mol. The maximum atomic E-state index is 2.42. The molecule has 2 rings (SSSR count). The van der Waals surface area contributed by atoms with E-state index in [-0.39, 0.29) is 0 Å². The summed E-state index contributed by atoms with van der Waals surface area (Å²) in [6.07, 6.45) is 16.7. The summed E-state index contributed by atoms with van der Waals surface area (Å²) in [7, 11) is 1.16. The zero-order chi connectivity index (χ0) is 12.3. The van der Waals surface area contributed by atoms with Gasteiger partial charge in [0, 0.05) is 5.92 Å². The van der Waals surface area contributed by atoms with Gasteiger partial charge in [-0.25, -0.2) is 0 Å². The van der Waals surface area contributed by atoms with Gasteiger partial charge >= 0.3 is 0 Å². The monoisotopic (exact) mass is 250 g/mol. The Kier molecular flexibility index (Phi) is 4.47. The first-order valence-corrected chi connectivity index (χ1v) is 8.34. The van der Waals surface area contributed by atoms with E-state index in [0.717, 1.165) is 19.9 Å². The molecule has 0 nitrogen and oxygen atoms in total. The van der Waals surface area contributed by atoms with Gasteiger partial charge in [-0.1, -0.05) is 64.3 Å². The average molecular weight is 250 g/mol. The molecule has 0 radical (unpaired) electrons. The highest BCUT2D eigenvalue weighted by Gasteiger charge is 2.32. The van der Waals surface area contributed by atoms with E-state index in [0.29, 0.717) is 11.3 Å². The molecular weight excluding hydrogens is 223 g/mol. The largest absolute Gasteiger partial charge is 0.114 e. The molecule has 0 spiro atoms. The van der Waals surface area contributed by atoms with Crippen LogP contribution in [0.5, 0.6) is 0 Å². The third kappa shape index (κ3) is 3.68. The summed E-state index contributed by atoms with van der Waals surface area (Å²) in [5.41, 5.74) is 2.32. The lowest BCUT2D eigenvalue weighted by Gasteiger charge is -2.37. The van der Waals surface area contributed by atoms with Crippen molar-refractivity contribution < 1.29 is 0 Å². The van der Waals surface area contributed by atoms with Crippen LogP contribution in [0.3, 0.4) is 0 Å². The predicted octanol–water partition coefficient (Wildman–Crippen LogP) is 5.15. The van der Waals surface area contributed by atoms with Crippen molar-refractivity contribution in [3.8, 4) is 0 Å². The van der Waals surface area contributed by atoms with Crippen molar-refractivity contribution in [1.82, 2.24) is 0 Å². The van der Waals surface area contributed by atoms with Crippen LogP contribution in [0.2, 0.25) is 0 Å². The highest BCUT2D eigenvalue weighted by Crippen LogP contribution is 2.47. The van der Waals surface area contributed by atoms with E-state index in [1.807, 2.05) is 0 Å². The molecule has 0 N–H and O–H groups in total. The molecule has 2 unspecified atom stereocenters. The lowest BCUT2D eigenvalue weighted by atomic mass is 9.84. The lowest BCUT2D eigenvalue weighted by molar-refractivity contribution is 0.360. The molecule has 96 valence electrons. The molecule has 1 fully saturated rings. The second-order valence-electron chi connectivity index (χ2n) is 6.69. The summed E-state index contributed by atoms with van der Waals surface area (Å²) in [4.78, 5) is 0. The first-order chi connectivity index (χ1) is 8.07. The average Bonchev–Trinajstić information content (AvgIpc) is 2.79. The highest BCUT2D eigenvalue weighted by molar-refractivity contribution is 7.39. The number of hydrogen-bond donors (Lipinski definition) is 0. The molecule has 2 aliphatic carbocycles. The van der Waals surface area contributed by atoms with E-state index in [4.69, 9.17) is 0 Å². The summed E-state index contributed by atoms with van der Waals surface area (Å²) >= 11 is 0. The molecule has 1 saturated carbocycles. The number of allylic oxidation sites excluding steroid dienone is 4. The molecule has 2 aliphatic rings. The van der Waals surface area contributed by atoms with Crippen LogP contribution in [-0.4, -0.2) is 11.3 Å². The Morgan fingerprint density at radius 2 is 1.59 bits per heavy atom.